The molecule has 460 valence electrons. The van der Waals surface area contributed by atoms with Crippen molar-refractivity contribution in [2.45, 2.75) is 126 Å². The number of hydrogen-bond donors (Lipinski definition) is 12. The molecule has 27 heteroatoms. The number of primary amides is 1. The number of rotatable bonds is 12. The maximum atomic E-state index is 14.9. The molecule has 8 rings (SSSR count). The van der Waals surface area contributed by atoms with Crippen LogP contribution in [0.2, 0.25) is 0 Å². The lowest BCUT2D eigenvalue weighted by Gasteiger charge is -2.31. The van der Waals surface area contributed by atoms with Crippen molar-refractivity contribution >= 4 is 75.6 Å². The third kappa shape index (κ3) is 17.2. The molecule has 0 unspecified atom stereocenters. The Bertz CT molecular complexity index is 3440. The number of aliphatic carboxylic acids is 1. The summed E-state index contributed by atoms with van der Waals surface area (Å²) >= 11 is 0. The quantitative estimate of drug-likeness (QED) is 0.0778. The summed E-state index contributed by atoms with van der Waals surface area (Å²) in [6.45, 7) is 0.483. The molecule has 3 aliphatic rings. The second-order valence-corrected chi connectivity index (χ2v) is 21.5. The van der Waals surface area contributed by atoms with Crippen molar-refractivity contribution in [1.29, 1.82) is 0 Å². The summed E-state index contributed by atoms with van der Waals surface area (Å²) in [5.74, 6) is -11.1. The second-order valence-electron chi connectivity index (χ2n) is 21.5. The van der Waals surface area contributed by atoms with Crippen LogP contribution in [0.1, 0.15) is 79.8 Å². The number of aromatic amines is 2. The third-order valence-corrected chi connectivity index (χ3v) is 15.2. The van der Waals surface area contributed by atoms with E-state index in [2.05, 4.69) is 52.2 Å². The Morgan fingerprint density at radius 3 is 2.14 bits per heavy atom. The topological polar surface area (TPSA) is 378 Å². The van der Waals surface area contributed by atoms with Crippen LogP contribution >= 0.6 is 0 Å². The zero-order valence-electron chi connectivity index (χ0n) is 47.4. The molecule has 9 amide bonds. The van der Waals surface area contributed by atoms with Gasteiger partial charge in [0, 0.05) is 68.1 Å². The molecule has 0 spiro atoms. The number of halogens is 2. The van der Waals surface area contributed by atoms with Crippen LogP contribution in [-0.2, 0) is 78.4 Å². The molecular formula is C60H68F2N12O13. The van der Waals surface area contributed by atoms with Crippen LogP contribution < -0.4 is 43.0 Å². The van der Waals surface area contributed by atoms with Gasteiger partial charge in [0.05, 0.1) is 32.0 Å². The monoisotopic (exact) mass is 1200 g/mol. The number of phenolic OH excluding ortho intramolecular Hbond substituents is 1. The largest absolute Gasteiger partial charge is 0.508 e. The van der Waals surface area contributed by atoms with Gasteiger partial charge in [0.15, 0.2) is 0 Å². The van der Waals surface area contributed by atoms with E-state index in [0.29, 0.717) is 53.5 Å². The Morgan fingerprint density at radius 1 is 0.759 bits per heavy atom. The number of nitrogens with two attached hydrogens (primary N) is 1. The van der Waals surface area contributed by atoms with Gasteiger partial charge in [0.2, 0.25) is 53.2 Å². The molecule has 13 N–H and O–H groups in total. The lowest BCUT2D eigenvalue weighted by atomic mass is 9.98. The number of aromatic nitrogens is 3. The number of fused-ring (bicyclic) bond motifs is 4. The summed E-state index contributed by atoms with van der Waals surface area (Å²) in [7, 11) is 0. The van der Waals surface area contributed by atoms with Gasteiger partial charge in [-0.3, -0.25) is 47.9 Å². The van der Waals surface area contributed by atoms with Gasteiger partial charge in [0.25, 0.3) is 0 Å². The normalized spacial score (nSPS) is 23.8. The highest BCUT2D eigenvalue weighted by Crippen LogP contribution is 2.32. The van der Waals surface area contributed by atoms with Crippen molar-refractivity contribution in [3.05, 3.63) is 137 Å². The Labute approximate surface area is 497 Å². The Kier molecular flexibility index (Phi) is 21.3. The Morgan fingerprint density at radius 2 is 1.44 bits per heavy atom. The minimum atomic E-state index is -2.01. The van der Waals surface area contributed by atoms with Crippen LogP contribution in [0.15, 0.2) is 97.6 Å². The standard InChI is InChI=1S/C60H68F2N12O13/c1-32(75)68-44-7-5-3-2-4-6-20-87-50-18-19-74(53(50)54(63)80)60(86)49(21-33-8-15-40(76)16-9-33)73-58(84)47(26-39-29-64-31-67-39)71-59(85)48(27-52(78)79)72-57(83)46(23-36-28-65-43-17-14-38(62)25-42(36)43)70-56(82)45(69-51(77)30-66-55(44)81)22-35-11-10-34-12-13-37(61)24-41(34)35/h4,6,8-9,11-17,24-25,28-29,31,44-50,53,65,76H,2-3,5,7,10,18-23,26-27,30H2,1H3,(H2,63,80)(H,64,67)(H,66,81)(H,68,75)(H,69,77)(H,70,82)(H,71,85)(H,72,83)(H,73,84)(H,78,79)/b6-4-/t44-,45+,46+,47+,48+,49+,50-,53+/m1/s1. The Balaban J connectivity index is 1.15. The smallest absolute Gasteiger partial charge is 0.305 e. The maximum Gasteiger partial charge on any atom is 0.305 e. The van der Waals surface area contributed by atoms with E-state index in [-0.39, 0.29) is 67.6 Å². The summed E-state index contributed by atoms with van der Waals surface area (Å²) in [6, 6.07) is 2.78. The van der Waals surface area contributed by atoms with Gasteiger partial charge in [-0.2, -0.15) is 0 Å². The van der Waals surface area contributed by atoms with E-state index >= 15 is 0 Å². The molecule has 1 aliphatic carbocycles. The van der Waals surface area contributed by atoms with E-state index in [4.69, 9.17) is 10.5 Å². The molecule has 0 saturated carbocycles. The molecule has 2 bridgehead atoms. The van der Waals surface area contributed by atoms with Crippen molar-refractivity contribution in [2.75, 3.05) is 19.7 Å². The zero-order chi connectivity index (χ0) is 62.3. The molecule has 8 atom stereocenters. The van der Waals surface area contributed by atoms with E-state index in [1.54, 1.807) is 18.2 Å². The van der Waals surface area contributed by atoms with E-state index < -0.39 is 139 Å². The third-order valence-electron chi connectivity index (χ3n) is 15.2. The van der Waals surface area contributed by atoms with Gasteiger partial charge < -0.3 is 72.8 Å². The number of allylic oxidation sites excluding steroid dienone is 2. The van der Waals surface area contributed by atoms with Crippen LogP contribution in [0.25, 0.3) is 16.5 Å². The van der Waals surface area contributed by atoms with Crippen LogP contribution in [0.4, 0.5) is 8.78 Å². The fraction of sp³-hybridized carbons (Fsp3) is 0.383. The van der Waals surface area contributed by atoms with Crippen LogP contribution in [0, 0.1) is 11.6 Å². The number of aromatic hydroxyl groups is 1. The van der Waals surface area contributed by atoms with Crippen molar-refractivity contribution in [2.24, 2.45) is 5.73 Å². The number of imidazole rings is 1. The summed E-state index contributed by atoms with van der Waals surface area (Å²) in [5.41, 5.74) is 8.93. The van der Waals surface area contributed by atoms with Gasteiger partial charge >= 0.3 is 5.97 Å². The second kappa shape index (κ2) is 29.3. The van der Waals surface area contributed by atoms with Gasteiger partial charge in [-0.1, -0.05) is 42.8 Å². The summed E-state index contributed by atoms with van der Waals surface area (Å²) in [6.07, 6.45) is 8.14. The van der Waals surface area contributed by atoms with Crippen LogP contribution in [0.3, 0.4) is 0 Å². The average molecular weight is 1200 g/mol. The van der Waals surface area contributed by atoms with Crippen LogP contribution in [-0.4, -0.2) is 157 Å². The van der Waals surface area contributed by atoms with Crippen molar-refractivity contribution < 1.29 is 71.7 Å². The number of carbonyl (C=O) groups excluding carboxylic acids is 9. The predicted molar refractivity (Wildman–Crippen MR) is 308 cm³/mol. The molecule has 1 saturated heterocycles. The first kappa shape index (κ1) is 63.2. The highest BCUT2D eigenvalue weighted by atomic mass is 19.1. The molecule has 1 fully saturated rings. The van der Waals surface area contributed by atoms with Gasteiger partial charge in [-0.25, -0.2) is 13.8 Å². The van der Waals surface area contributed by atoms with E-state index in [1.165, 1.54) is 85.1 Å². The molecule has 0 radical (unpaired) electrons. The lowest BCUT2D eigenvalue weighted by Crippen LogP contribution is -2.61. The summed E-state index contributed by atoms with van der Waals surface area (Å²) < 4.78 is 35.6. The average Bonchev–Trinajstić information content (AvgIpc) is 3.31. The van der Waals surface area contributed by atoms with Crippen LogP contribution in [0.5, 0.6) is 5.75 Å². The van der Waals surface area contributed by atoms with Crippen molar-refractivity contribution in [3.63, 3.8) is 0 Å². The number of carboxylic acid groups (broad SMARTS) is 1. The first-order valence-corrected chi connectivity index (χ1v) is 28.3. The number of nitrogens with zero attached hydrogens (tertiary/aromatic N) is 2. The number of carbonyl (C=O) groups is 10. The number of hydrogen-bond acceptors (Lipinski definition) is 13. The minimum Gasteiger partial charge on any atom is -0.508 e. The Hall–Kier alpha value is -9.79. The predicted octanol–water partition coefficient (Wildman–Crippen LogP) is 1.05. The maximum absolute atomic E-state index is 14.9. The SMILES string of the molecule is CC(=O)N[C@@H]1CCCC/C=C\CO[C@@H]2CCN(C(=O)[C@H](Cc3ccc(O)cc3)NC(=O)[C@H](Cc3cnc[nH]3)NC(=O)[C@H](CC(=O)O)NC(=O)[C@H](Cc3c[nH]c4ccc(F)cc34)NC(=O)[C@H](CC3=CCc4ccc(F)cc43)NC(=O)CNC1=O)[C@@H]2C(N)=O. The molecule has 4 heterocycles. The molecule has 3 aromatic carbocycles. The van der Waals surface area contributed by atoms with E-state index in [1.807, 2.05) is 6.08 Å². The first-order chi connectivity index (χ1) is 41.7. The van der Waals surface area contributed by atoms with Gasteiger partial charge in [-0.15, -0.1) is 0 Å². The summed E-state index contributed by atoms with van der Waals surface area (Å²) in [4.78, 5) is 150. The molecule has 25 nitrogen and oxygen atoms in total. The molecule has 2 aliphatic heterocycles. The number of carboxylic acids is 1. The number of amides is 9. The number of benzene rings is 3. The number of nitrogens with one attached hydrogen (secondary N) is 9. The summed E-state index contributed by atoms with van der Waals surface area (Å²) in [5, 5.41) is 38.5. The number of ether oxygens (including phenoxy) is 1. The number of H-pyrrole nitrogens is 2. The van der Waals surface area contributed by atoms with E-state index in [9.17, 15) is 66.9 Å². The molecule has 87 heavy (non-hydrogen) atoms. The highest BCUT2D eigenvalue weighted by molar-refractivity contribution is 5.99. The van der Waals surface area contributed by atoms with Gasteiger partial charge in [0.1, 0.15) is 59.7 Å². The fourth-order valence-electron chi connectivity index (χ4n) is 10.9. The first-order valence-electron chi connectivity index (χ1n) is 28.3. The van der Waals surface area contributed by atoms with Crippen molar-refractivity contribution in [3.8, 4) is 5.75 Å². The number of phenols is 1. The minimum absolute atomic E-state index is 0.000619. The molecular weight excluding hydrogens is 1130 g/mol. The van der Waals surface area contributed by atoms with Crippen molar-refractivity contribution in [1.82, 2.24) is 57.1 Å². The van der Waals surface area contributed by atoms with Gasteiger partial charge in [-0.05, 0) is 102 Å². The fourth-order valence-corrected chi connectivity index (χ4v) is 10.9. The van der Waals surface area contributed by atoms with E-state index in [0.717, 1.165) is 0 Å². The zero-order valence-corrected chi connectivity index (χ0v) is 47.4. The molecule has 5 aromatic rings. The lowest BCUT2D eigenvalue weighted by molar-refractivity contribution is -0.143. The highest BCUT2D eigenvalue weighted by Gasteiger charge is 2.44. The molecule has 2 aromatic heterocycles.